The van der Waals surface area contributed by atoms with Gasteiger partial charge in [0.2, 0.25) is 5.91 Å². The number of carbonyl (C=O) groups excluding carboxylic acids is 1. The summed E-state index contributed by atoms with van der Waals surface area (Å²) in [5.41, 5.74) is 0. The fourth-order valence-electron chi connectivity index (χ4n) is 1.82. The summed E-state index contributed by atoms with van der Waals surface area (Å²) in [6.07, 6.45) is 6.16. The minimum absolute atomic E-state index is 0.130. The van der Waals surface area contributed by atoms with Crippen LogP contribution < -0.4 is 0 Å². The quantitative estimate of drug-likeness (QED) is 0.646. The topological polar surface area (TPSA) is 57.6 Å². The van der Waals surface area contributed by atoms with Crippen molar-refractivity contribution in [3.8, 4) is 12.3 Å². The van der Waals surface area contributed by atoms with Gasteiger partial charge in [-0.2, -0.15) is 0 Å². The first-order valence-electron chi connectivity index (χ1n) is 4.49. The van der Waals surface area contributed by atoms with E-state index in [0.717, 1.165) is 0 Å². The number of likely N-dealkylation sites (tertiary alicyclic amines) is 1. The Morgan fingerprint density at radius 1 is 1.64 bits per heavy atom. The van der Waals surface area contributed by atoms with Gasteiger partial charge < -0.3 is 10.0 Å². The molecule has 0 aliphatic carbocycles. The van der Waals surface area contributed by atoms with Crippen LogP contribution in [0.4, 0.5) is 0 Å². The van der Waals surface area contributed by atoms with Crippen molar-refractivity contribution in [2.45, 2.75) is 25.8 Å². The second-order valence-corrected chi connectivity index (χ2v) is 3.54. The lowest BCUT2D eigenvalue weighted by atomic mass is 10.0. The van der Waals surface area contributed by atoms with Crippen LogP contribution in [-0.2, 0) is 9.59 Å². The lowest BCUT2D eigenvalue weighted by molar-refractivity contribution is -0.147. The SMILES string of the molecule is C#CC[C@@H]1C[C@@H](C(=O)O)N(C(C)=O)C1. The minimum atomic E-state index is -0.945. The molecule has 4 nitrogen and oxygen atoms in total. The van der Waals surface area contributed by atoms with Gasteiger partial charge in [-0.15, -0.1) is 12.3 Å². The van der Waals surface area contributed by atoms with Crippen LogP contribution in [0.25, 0.3) is 0 Å². The summed E-state index contributed by atoms with van der Waals surface area (Å²) in [5.74, 6) is 1.49. The lowest BCUT2D eigenvalue weighted by Crippen LogP contribution is -2.39. The molecule has 0 aromatic carbocycles. The molecule has 76 valence electrons. The first kappa shape index (κ1) is 10.6. The van der Waals surface area contributed by atoms with Crippen molar-refractivity contribution in [2.75, 3.05) is 6.54 Å². The molecule has 1 heterocycles. The molecule has 0 unspecified atom stereocenters. The third kappa shape index (κ3) is 2.05. The van der Waals surface area contributed by atoms with Crippen molar-refractivity contribution < 1.29 is 14.7 Å². The van der Waals surface area contributed by atoms with Gasteiger partial charge in [0.15, 0.2) is 0 Å². The highest BCUT2D eigenvalue weighted by atomic mass is 16.4. The van der Waals surface area contributed by atoms with E-state index in [-0.39, 0.29) is 11.8 Å². The van der Waals surface area contributed by atoms with Crippen LogP contribution >= 0.6 is 0 Å². The summed E-state index contributed by atoms with van der Waals surface area (Å²) < 4.78 is 0. The normalized spacial score (nSPS) is 25.9. The Balaban J connectivity index is 2.71. The number of terminal acetylenes is 1. The number of hydrogen-bond donors (Lipinski definition) is 1. The Bertz CT molecular complexity index is 270. The fraction of sp³-hybridized carbons (Fsp3) is 0.600. The number of carboxylic acid groups (broad SMARTS) is 1. The molecule has 1 N–H and O–H groups in total. The maximum absolute atomic E-state index is 11.1. The van der Waals surface area contributed by atoms with E-state index in [1.165, 1.54) is 11.8 Å². The summed E-state index contributed by atoms with van der Waals surface area (Å²) in [7, 11) is 0. The highest BCUT2D eigenvalue weighted by Crippen LogP contribution is 2.25. The zero-order valence-corrected chi connectivity index (χ0v) is 8.06. The lowest BCUT2D eigenvalue weighted by Gasteiger charge is -2.18. The molecular formula is C10H13NO3. The molecule has 0 aromatic rings. The number of amides is 1. The Kier molecular flexibility index (Phi) is 3.13. The molecule has 0 bridgehead atoms. The minimum Gasteiger partial charge on any atom is -0.480 e. The van der Waals surface area contributed by atoms with Gasteiger partial charge in [0.1, 0.15) is 6.04 Å². The first-order chi connectivity index (χ1) is 6.56. The Morgan fingerprint density at radius 2 is 2.29 bits per heavy atom. The Morgan fingerprint density at radius 3 is 2.64 bits per heavy atom. The number of carboxylic acids is 1. The van der Waals surface area contributed by atoms with Crippen molar-refractivity contribution in [1.29, 1.82) is 0 Å². The smallest absolute Gasteiger partial charge is 0.326 e. The largest absolute Gasteiger partial charge is 0.480 e. The van der Waals surface area contributed by atoms with E-state index in [4.69, 9.17) is 11.5 Å². The van der Waals surface area contributed by atoms with Crippen LogP contribution in [0, 0.1) is 18.3 Å². The zero-order chi connectivity index (χ0) is 10.7. The average molecular weight is 195 g/mol. The Hall–Kier alpha value is -1.50. The average Bonchev–Trinajstić information content (AvgIpc) is 2.49. The number of nitrogens with zero attached hydrogens (tertiary/aromatic N) is 1. The molecular weight excluding hydrogens is 182 g/mol. The Labute approximate surface area is 82.9 Å². The summed E-state index contributed by atoms with van der Waals surface area (Å²) >= 11 is 0. The van der Waals surface area contributed by atoms with Gasteiger partial charge >= 0.3 is 5.97 Å². The molecule has 1 fully saturated rings. The maximum atomic E-state index is 11.1. The summed E-state index contributed by atoms with van der Waals surface area (Å²) in [6, 6.07) is -0.689. The highest BCUT2D eigenvalue weighted by Gasteiger charge is 2.37. The van der Waals surface area contributed by atoms with Gasteiger partial charge in [0.25, 0.3) is 0 Å². The highest BCUT2D eigenvalue weighted by molar-refractivity contribution is 5.82. The molecule has 2 atom stereocenters. The predicted octanol–water partition coefficient (Wildman–Crippen LogP) is 0.331. The van der Waals surface area contributed by atoms with Crippen LogP contribution in [0.3, 0.4) is 0 Å². The summed E-state index contributed by atoms with van der Waals surface area (Å²) in [4.78, 5) is 23.3. The molecule has 1 amide bonds. The third-order valence-electron chi connectivity index (χ3n) is 2.48. The van der Waals surface area contributed by atoms with Gasteiger partial charge in [-0.1, -0.05) is 0 Å². The van der Waals surface area contributed by atoms with Crippen molar-refractivity contribution in [3.05, 3.63) is 0 Å². The molecule has 1 saturated heterocycles. The van der Waals surface area contributed by atoms with Crippen LogP contribution in [0.1, 0.15) is 19.8 Å². The number of aliphatic carboxylic acids is 1. The summed E-state index contributed by atoms with van der Waals surface area (Å²) in [6.45, 7) is 1.85. The van der Waals surface area contributed by atoms with Crippen LogP contribution in [0.15, 0.2) is 0 Å². The molecule has 0 radical (unpaired) electrons. The molecule has 0 spiro atoms. The number of hydrogen-bond acceptors (Lipinski definition) is 2. The number of rotatable bonds is 2. The summed E-state index contributed by atoms with van der Waals surface area (Å²) in [5, 5.41) is 8.87. The van der Waals surface area contributed by atoms with E-state index in [2.05, 4.69) is 5.92 Å². The van der Waals surface area contributed by atoms with Crippen molar-refractivity contribution in [1.82, 2.24) is 4.90 Å². The standard InChI is InChI=1S/C10H13NO3/c1-3-4-8-5-9(10(13)14)11(6-8)7(2)12/h1,8-9H,4-6H2,2H3,(H,13,14)/t8-,9+/m1/s1. The van der Waals surface area contributed by atoms with Crippen molar-refractivity contribution >= 4 is 11.9 Å². The van der Waals surface area contributed by atoms with E-state index in [1.807, 2.05) is 0 Å². The molecule has 1 aliphatic heterocycles. The molecule has 0 aromatic heterocycles. The van der Waals surface area contributed by atoms with Crippen molar-refractivity contribution in [3.63, 3.8) is 0 Å². The van der Waals surface area contributed by atoms with Gasteiger partial charge in [-0.3, -0.25) is 4.79 Å². The monoisotopic (exact) mass is 195 g/mol. The van der Waals surface area contributed by atoms with Gasteiger partial charge in [-0.25, -0.2) is 4.79 Å². The van der Waals surface area contributed by atoms with Crippen LogP contribution in [-0.4, -0.2) is 34.5 Å². The fourth-order valence-corrected chi connectivity index (χ4v) is 1.82. The van der Waals surface area contributed by atoms with E-state index in [9.17, 15) is 9.59 Å². The third-order valence-corrected chi connectivity index (χ3v) is 2.48. The first-order valence-corrected chi connectivity index (χ1v) is 4.49. The van der Waals surface area contributed by atoms with E-state index < -0.39 is 12.0 Å². The second kappa shape index (κ2) is 4.14. The second-order valence-electron chi connectivity index (χ2n) is 3.54. The van der Waals surface area contributed by atoms with Gasteiger partial charge in [0, 0.05) is 19.9 Å². The van der Waals surface area contributed by atoms with E-state index in [1.54, 1.807) is 0 Å². The van der Waals surface area contributed by atoms with Crippen LogP contribution in [0.5, 0.6) is 0 Å². The molecule has 1 aliphatic rings. The maximum Gasteiger partial charge on any atom is 0.326 e. The number of carbonyl (C=O) groups is 2. The van der Waals surface area contributed by atoms with E-state index >= 15 is 0 Å². The predicted molar refractivity (Wildman–Crippen MR) is 50.4 cm³/mol. The molecule has 1 rings (SSSR count). The van der Waals surface area contributed by atoms with Gasteiger partial charge in [0.05, 0.1) is 0 Å². The van der Waals surface area contributed by atoms with Crippen LogP contribution in [0.2, 0.25) is 0 Å². The zero-order valence-electron chi connectivity index (χ0n) is 8.06. The molecule has 4 heteroatoms. The van der Waals surface area contributed by atoms with Gasteiger partial charge in [-0.05, 0) is 12.3 Å². The van der Waals surface area contributed by atoms with Crippen molar-refractivity contribution in [2.24, 2.45) is 5.92 Å². The molecule has 0 saturated carbocycles. The molecule has 14 heavy (non-hydrogen) atoms. The van der Waals surface area contributed by atoms with E-state index in [0.29, 0.717) is 19.4 Å².